The predicted molar refractivity (Wildman–Crippen MR) is 397 cm³/mol. The zero-order valence-corrected chi connectivity index (χ0v) is 64.9. The fourth-order valence-electron chi connectivity index (χ4n) is 13.6. The summed E-state index contributed by atoms with van der Waals surface area (Å²) in [5, 5.41) is 5.74. The first-order chi connectivity index (χ1) is 40.4. The second-order valence-electron chi connectivity index (χ2n) is 33.7. The van der Waals surface area contributed by atoms with Crippen LogP contribution in [-0.4, -0.2) is 36.2 Å². The third-order valence-electron chi connectivity index (χ3n) is 17.9. The molecule has 0 aliphatic heterocycles. The maximum atomic E-state index is 4.92. The lowest BCUT2D eigenvalue weighted by Crippen LogP contribution is -2.20. The van der Waals surface area contributed by atoms with Gasteiger partial charge in [0.05, 0.1) is 57.6 Å². The summed E-state index contributed by atoms with van der Waals surface area (Å²) in [5.41, 5.74) is 29.8. The van der Waals surface area contributed by atoms with Crippen molar-refractivity contribution in [3.63, 3.8) is 0 Å². The van der Waals surface area contributed by atoms with Crippen LogP contribution in [0.2, 0.25) is 0 Å². The number of aryl methyl sites for hydroxylation is 8. The van der Waals surface area contributed by atoms with Crippen molar-refractivity contribution in [2.24, 2.45) is 0 Å². The van der Waals surface area contributed by atoms with Gasteiger partial charge >= 0.3 is 0 Å². The number of fused-ring (bicyclic) bond motifs is 7. The molecule has 0 unspecified atom stereocenters. The van der Waals surface area contributed by atoms with E-state index in [4.69, 9.17) is 18.7 Å². The SMILES string of the molecule is Cc1c(C)c(C(C)(C)C)c2nsnc2c1C(C)(C)C.Cc1cc2c(C(C)(C)C)c3nsnc3c(C(C)(C)C)c2cc1C.Cc1nc2c(C(C)(C)C)c3nsnc3c(C(C)(C)C)c2nc1C.Cc1sc2c(C(C)(C)C)c3c(C)c(C)sc3c(C(C)(C)C)c2c1C. The molecule has 0 aliphatic rings. The maximum absolute atomic E-state index is 4.92. The largest absolute Gasteiger partial charge is 0.249 e. The van der Waals surface area contributed by atoms with Crippen molar-refractivity contribution in [3.8, 4) is 0 Å². The highest BCUT2D eigenvalue weighted by Crippen LogP contribution is 2.52. The molecule has 0 N–H and O–H groups in total. The highest BCUT2D eigenvalue weighted by atomic mass is 32.1. The third kappa shape index (κ3) is 13.0. The quantitative estimate of drug-likeness (QED) is 0.148. The van der Waals surface area contributed by atoms with E-state index in [-0.39, 0.29) is 43.3 Å². The van der Waals surface area contributed by atoms with Crippen LogP contribution in [0.1, 0.15) is 265 Å². The molecule has 8 nitrogen and oxygen atoms in total. The molecule has 0 amide bonds. The fraction of sp³-hybridized carbons (Fsp3) is 0.553. The van der Waals surface area contributed by atoms with Gasteiger partial charge in [-0.2, -0.15) is 26.2 Å². The summed E-state index contributed by atoms with van der Waals surface area (Å²) in [6.45, 7) is 76.7. The zero-order valence-electron chi connectivity index (χ0n) is 60.8. The third-order valence-corrected chi connectivity index (χ3v) is 21.9. The van der Waals surface area contributed by atoms with Gasteiger partial charge in [0.2, 0.25) is 0 Å². The Bertz CT molecular complexity index is 4120. The average molecular weight is 1290 g/mol. The Labute approximate surface area is 555 Å². The Morgan fingerprint density at radius 1 is 0.258 bits per heavy atom. The number of nitrogens with zero attached hydrogens (tertiary/aromatic N) is 8. The molecular weight excluding hydrogens is 1190 g/mol. The van der Waals surface area contributed by atoms with Crippen LogP contribution >= 0.6 is 57.9 Å². The van der Waals surface area contributed by atoms with E-state index < -0.39 is 0 Å². The summed E-state index contributed by atoms with van der Waals surface area (Å²) >= 11 is 7.94. The van der Waals surface area contributed by atoms with E-state index in [1.807, 2.05) is 36.5 Å². The molecule has 0 aliphatic carbocycles. The first-order valence-corrected chi connectivity index (χ1v) is 35.6. The van der Waals surface area contributed by atoms with Crippen LogP contribution in [0.3, 0.4) is 0 Å². The van der Waals surface area contributed by atoms with Gasteiger partial charge < -0.3 is 0 Å². The van der Waals surface area contributed by atoms with Crippen molar-refractivity contribution in [1.82, 2.24) is 36.2 Å². The number of benzene rings is 5. The van der Waals surface area contributed by atoms with Gasteiger partial charge in [0.1, 0.15) is 33.1 Å². The topological polar surface area (TPSA) is 103 Å². The molecule has 0 saturated carbocycles. The maximum Gasteiger partial charge on any atom is 0.111 e. The Kier molecular flexibility index (Phi) is 18.5. The van der Waals surface area contributed by atoms with E-state index in [1.165, 1.54) is 132 Å². The first-order valence-electron chi connectivity index (χ1n) is 31.8. The second kappa shape index (κ2) is 23.6. The van der Waals surface area contributed by atoms with Gasteiger partial charge in [-0.05, 0) is 190 Å². The van der Waals surface area contributed by atoms with E-state index in [9.17, 15) is 0 Å². The van der Waals surface area contributed by atoms with Crippen molar-refractivity contribution in [2.45, 2.75) is 279 Å². The summed E-state index contributed by atoms with van der Waals surface area (Å²) in [6.07, 6.45) is 0. The van der Waals surface area contributed by atoms with Crippen LogP contribution in [0.25, 0.3) is 75.1 Å². The Hall–Kier alpha value is -4.92. The van der Waals surface area contributed by atoms with Gasteiger partial charge in [-0.25, -0.2) is 9.97 Å². The van der Waals surface area contributed by atoms with E-state index in [2.05, 4.69) is 251 Å². The van der Waals surface area contributed by atoms with Crippen LogP contribution in [-0.2, 0) is 43.3 Å². The van der Waals surface area contributed by atoms with Crippen LogP contribution < -0.4 is 0 Å². The van der Waals surface area contributed by atoms with Gasteiger partial charge in [0.25, 0.3) is 0 Å². The number of aromatic nitrogens is 8. The van der Waals surface area contributed by atoms with Crippen molar-refractivity contribution >= 4 is 133 Å². The molecule has 0 atom stereocenters. The number of thiophene rings is 2. The predicted octanol–water partition coefficient (Wildman–Crippen LogP) is 23.8. The fourth-order valence-corrected chi connectivity index (χ4v) is 18.1. The molecule has 13 heteroatoms. The molecule has 0 saturated heterocycles. The van der Waals surface area contributed by atoms with Crippen molar-refractivity contribution in [1.29, 1.82) is 0 Å². The average Bonchev–Trinajstić information content (AvgIpc) is 1.33. The van der Waals surface area contributed by atoms with E-state index in [1.54, 1.807) is 11.1 Å². The minimum Gasteiger partial charge on any atom is -0.249 e. The van der Waals surface area contributed by atoms with Crippen LogP contribution in [0.5, 0.6) is 0 Å². The highest BCUT2D eigenvalue weighted by molar-refractivity contribution is 7.21. The molecular formula is C76H104N8S5. The van der Waals surface area contributed by atoms with Gasteiger partial charge in [-0.1, -0.05) is 178 Å². The van der Waals surface area contributed by atoms with Gasteiger partial charge in [-0.15, -0.1) is 22.7 Å². The summed E-state index contributed by atoms with van der Waals surface area (Å²) < 4.78 is 30.9. The molecule has 6 heterocycles. The highest BCUT2D eigenvalue weighted by Gasteiger charge is 2.36. The van der Waals surface area contributed by atoms with Gasteiger partial charge in [-0.3, -0.25) is 0 Å². The minimum atomic E-state index is -0.0704. The first kappa shape index (κ1) is 70.0. The zero-order chi connectivity index (χ0) is 67.1. The monoisotopic (exact) mass is 1290 g/mol. The van der Waals surface area contributed by atoms with Crippen molar-refractivity contribution < 1.29 is 0 Å². The standard InChI is InChI=1S/C22H30S2.C20H26N2S.C18H24N4S.C16H24N2S/c1-11-13(3)23-19-15(11)17(21(5,6)7)20-16(12(2)14(4)24-20)18(19)22(8,9)10;1-11-9-13-14(10-12(11)2)16(20(6,7)8)18-17(21-23-22-18)15(13)19(3,4)5;1-9-10(2)20-14-12(18(6,7)8)16-15(21-23-22-16)11(13(14)19-9)17(3,4)5;1-9-10(2)12(16(6,7)8)14-13(17-19-18-14)11(9)15(3,4)5/h1-10H3;9-10H,1-8H3;1-8H3;1-8H3. The minimum absolute atomic E-state index is 0.0321. The second-order valence-corrected chi connectivity index (χ2v) is 37.7. The van der Waals surface area contributed by atoms with Crippen LogP contribution in [0, 0.1) is 69.2 Å². The molecule has 0 bridgehead atoms. The molecule has 478 valence electrons. The Morgan fingerprint density at radius 3 is 0.719 bits per heavy atom. The lowest BCUT2D eigenvalue weighted by Gasteiger charge is -2.29. The van der Waals surface area contributed by atoms with Crippen molar-refractivity contribution in [3.05, 3.63) is 111 Å². The van der Waals surface area contributed by atoms with Gasteiger partial charge in [0, 0.05) is 41.1 Å². The normalized spacial score (nSPS) is 13.3. The number of hydrogen-bond acceptors (Lipinski definition) is 13. The van der Waals surface area contributed by atoms with Crippen LogP contribution in [0.4, 0.5) is 0 Å². The van der Waals surface area contributed by atoms with Crippen molar-refractivity contribution in [2.75, 3.05) is 0 Å². The van der Waals surface area contributed by atoms with Crippen LogP contribution in [0.15, 0.2) is 12.1 Å². The summed E-state index contributed by atoms with van der Waals surface area (Å²) in [7, 11) is 0. The summed E-state index contributed by atoms with van der Waals surface area (Å²) in [4.78, 5) is 12.8. The summed E-state index contributed by atoms with van der Waals surface area (Å²) in [6, 6.07) is 4.69. The Balaban J connectivity index is 0.000000154. The smallest absolute Gasteiger partial charge is 0.111 e. The molecule has 5 aromatic carbocycles. The molecule has 0 fully saturated rings. The Morgan fingerprint density at radius 2 is 0.483 bits per heavy atom. The molecule has 0 radical (unpaired) electrons. The molecule has 11 aromatic rings. The lowest BCUT2D eigenvalue weighted by molar-refractivity contribution is 0.577. The molecule has 89 heavy (non-hydrogen) atoms. The molecule has 6 aromatic heterocycles. The van der Waals surface area contributed by atoms with E-state index in [0.29, 0.717) is 0 Å². The molecule has 0 spiro atoms. The van der Waals surface area contributed by atoms with Gasteiger partial charge in [0.15, 0.2) is 0 Å². The number of rotatable bonds is 0. The summed E-state index contributed by atoms with van der Waals surface area (Å²) in [5.74, 6) is 0. The van der Waals surface area contributed by atoms with E-state index >= 15 is 0 Å². The molecule has 11 rings (SSSR count). The lowest BCUT2D eigenvalue weighted by atomic mass is 9.75. The van der Waals surface area contributed by atoms with E-state index in [0.717, 1.165) is 66.6 Å². The number of hydrogen-bond donors (Lipinski definition) is 0.